The zero-order valence-electron chi connectivity index (χ0n) is 37.9. The summed E-state index contributed by atoms with van der Waals surface area (Å²) >= 11 is 0. The van der Waals surface area contributed by atoms with E-state index in [-0.39, 0.29) is 25.2 Å². The number of esters is 2. The summed E-state index contributed by atoms with van der Waals surface area (Å²) in [5.41, 5.74) is 0. The number of carbonyl (C=O) groups is 2. The van der Waals surface area contributed by atoms with Gasteiger partial charge in [0.1, 0.15) is 6.61 Å². The van der Waals surface area contributed by atoms with Crippen molar-refractivity contribution in [2.45, 2.75) is 258 Å². The Bertz CT molecular complexity index is 950. The Morgan fingerprint density at radius 2 is 0.702 bits per heavy atom. The van der Waals surface area contributed by atoms with Gasteiger partial charge in [-0.3, -0.25) is 9.59 Å². The summed E-state index contributed by atoms with van der Waals surface area (Å²) in [6.07, 6.45) is 62.0. The Labute approximate surface area is 354 Å². The highest BCUT2D eigenvalue weighted by Crippen LogP contribution is 2.15. The van der Waals surface area contributed by atoms with Gasteiger partial charge in [-0.1, -0.05) is 210 Å². The second-order valence-corrected chi connectivity index (χ2v) is 16.5. The maximum Gasteiger partial charge on any atom is 0.306 e. The lowest BCUT2D eigenvalue weighted by atomic mass is 10.0. The fourth-order valence-electron chi connectivity index (χ4n) is 7.09. The van der Waals surface area contributed by atoms with E-state index in [9.17, 15) is 14.7 Å². The van der Waals surface area contributed by atoms with Crippen molar-refractivity contribution in [3.63, 3.8) is 0 Å². The molecule has 57 heavy (non-hydrogen) atoms. The number of unbranched alkanes of at least 4 members (excludes halogenated alkanes) is 29. The lowest BCUT2D eigenvalue weighted by Gasteiger charge is -2.15. The van der Waals surface area contributed by atoms with Crippen molar-refractivity contribution in [2.75, 3.05) is 13.2 Å². The van der Waals surface area contributed by atoms with Gasteiger partial charge in [0.2, 0.25) is 0 Å². The van der Waals surface area contributed by atoms with Crippen LogP contribution in [0.25, 0.3) is 0 Å². The third-order valence-corrected chi connectivity index (χ3v) is 10.8. The van der Waals surface area contributed by atoms with E-state index in [1.165, 1.54) is 167 Å². The summed E-state index contributed by atoms with van der Waals surface area (Å²) in [4.78, 5) is 24.4. The van der Waals surface area contributed by atoms with Crippen molar-refractivity contribution in [3.05, 3.63) is 48.6 Å². The summed E-state index contributed by atoms with van der Waals surface area (Å²) in [5, 5.41) is 9.61. The molecular weight excluding hydrogens is 705 g/mol. The first-order valence-electron chi connectivity index (χ1n) is 24.7. The van der Waals surface area contributed by atoms with Crippen molar-refractivity contribution in [2.24, 2.45) is 0 Å². The lowest BCUT2D eigenvalue weighted by Crippen LogP contribution is -2.28. The molecule has 0 spiro atoms. The number of ether oxygens (including phenoxy) is 2. The minimum Gasteiger partial charge on any atom is -0.462 e. The van der Waals surface area contributed by atoms with E-state index >= 15 is 0 Å². The molecule has 0 aromatic carbocycles. The molecule has 1 atom stereocenters. The number of allylic oxidation sites excluding steroid dienone is 8. The molecule has 0 fully saturated rings. The zero-order valence-corrected chi connectivity index (χ0v) is 37.9. The number of rotatable bonds is 45. The van der Waals surface area contributed by atoms with E-state index < -0.39 is 6.10 Å². The van der Waals surface area contributed by atoms with Crippen LogP contribution in [0.5, 0.6) is 0 Å². The van der Waals surface area contributed by atoms with Crippen molar-refractivity contribution in [1.82, 2.24) is 0 Å². The van der Waals surface area contributed by atoms with E-state index in [4.69, 9.17) is 9.47 Å². The average molecular weight is 799 g/mol. The van der Waals surface area contributed by atoms with E-state index in [1.54, 1.807) is 0 Å². The van der Waals surface area contributed by atoms with Gasteiger partial charge in [-0.2, -0.15) is 0 Å². The second kappa shape index (κ2) is 48.2. The van der Waals surface area contributed by atoms with Gasteiger partial charge in [0.15, 0.2) is 6.10 Å². The number of hydrogen-bond donors (Lipinski definition) is 1. The van der Waals surface area contributed by atoms with Crippen LogP contribution in [0.4, 0.5) is 0 Å². The molecule has 0 aliphatic carbocycles. The van der Waals surface area contributed by atoms with Crippen LogP contribution in [0, 0.1) is 0 Å². The summed E-state index contributed by atoms with van der Waals surface area (Å²) in [5.74, 6) is -0.600. The van der Waals surface area contributed by atoms with Gasteiger partial charge in [-0.15, -0.1) is 0 Å². The molecule has 1 N–H and O–H groups in total. The van der Waals surface area contributed by atoms with Crippen LogP contribution in [0.15, 0.2) is 48.6 Å². The van der Waals surface area contributed by atoms with Crippen LogP contribution in [0.1, 0.15) is 251 Å². The van der Waals surface area contributed by atoms with Crippen LogP contribution in [0.3, 0.4) is 0 Å². The molecule has 0 radical (unpaired) electrons. The maximum atomic E-state index is 12.3. The standard InChI is InChI=1S/C52H94O5/c1-3-5-7-9-11-13-15-17-19-21-22-23-24-25-26-27-28-29-30-31-33-35-37-39-41-43-45-47-52(55)57-50(48-53)49-56-51(54)46-44-42-40-38-36-34-32-20-18-16-14-12-10-8-6-4-2/h14-17,20-22,32,50,53H,3-13,18-19,23-31,33-49H2,1-2H3/b16-14-,17-15-,22-21-,32-20-. The largest absolute Gasteiger partial charge is 0.462 e. The highest BCUT2D eigenvalue weighted by molar-refractivity contribution is 5.70. The molecule has 0 saturated carbocycles. The van der Waals surface area contributed by atoms with Crippen LogP contribution >= 0.6 is 0 Å². The van der Waals surface area contributed by atoms with Crippen molar-refractivity contribution < 1.29 is 24.2 Å². The molecule has 0 aliphatic rings. The van der Waals surface area contributed by atoms with Gasteiger partial charge in [0.25, 0.3) is 0 Å². The molecule has 0 aliphatic heterocycles. The monoisotopic (exact) mass is 799 g/mol. The number of aliphatic hydroxyl groups excluding tert-OH is 1. The molecule has 0 aromatic rings. The Kier molecular flexibility index (Phi) is 46.4. The maximum absolute atomic E-state index is 12.3. The topological polar surface area (TPSA) is 72.8 Å². The fourth-order valence-corrected chi connectivity index (χ4v) is 7.09. The van der Waals surface area contributed by atoms with Gasteiger partial charge < -0.3 is 14.6 Å². The second-order valence-electron chi connectivity index (χ2n) is 16.5. The van der Waals surface area contributed by atoms with E-state index in [0.717, 1.165) is 57.8 Å². The molecule has 5 heteroatoms. The minimum absolute atomic E-state index is 0.0720. The molecule has 332 valence electrons. The van der Waals surface area contributed by atoms with Gasteiger partial charge >= 0.3 is 11.9 Å². The predicted octanol–water partition coefficient (Wildman–Crippen LogP) is 16.1. The Hall–Kier alpha value is -2.14. The third-order valence-electron chi connectivity index (χ3n) is 10.8. The van der Waals surface area contributed by atoms with Crippen LogP contribution < -0.4 is 0 Å². The normalized spacial score (nSPS) is 12.5. The molecule has 1 unspecified atom stereocenters. The average Bonchev–Trinajstić information content (AvgIpc) is 3.21. The van der Waals surface area contributed by atoms with Crippen LogP contribution in [-0.4, -0.2) is 36.4 Å². The van der Waals surface area contributed by atoms with Gasteiger partial charge in [0.05, 0.1) is 6.61 Å². The minimum atomic E-state index is -0.777. The smallest absolute Gasteiger partial charge is 0.306 e. The SMILES string of the molecule is CCCCCC/C=C\C/C=C\CCCCCCCC(=O)OCC(CO)OC(=O)CCCCCCCCCCCCCCCCC/C=C\C/C=C\CCCCCCC. The predicted molar refractivity (Wildman–Crippen MR) is 247 cm³/mol. The van der Waals surface area contributed by atoms with E-state index in [0.29, 0.717) is 12.8 Å². The quantitative estimate of drug-likeness (QED) is 0.0377. The van der Waals surface area contributed by atoms with Gasteiger partial charge in [-0.05, 0) is 77.0 Å². The van der Waals surface area contributed by atoms with Crippen LogP contribution in [0.2, 0.25) is 0 Å². The molecule has 0 saturated heterocycles. The highest BCUT2D eigenvalue weighted by atomic mass is 16.6. The van der Waals surface area contributed by atoms with E-state index in [2.05, 4.69) is 62.5 Å². The van der Waals surface area contributed by atoms with Gasteiger partial charge in [0, 0.05) is 12.8 Å². The van der Waals surface area contributed by atoms with Gasteiger partial charge in [-0.25, -0.2) is 0 Å². The molecule has 0 heterocycles. The third kappa shape index (κ3) is 46.4. The first-order valence-corrected chi connectivity index (χ1v) is 24.7. The fraction of sp³-hybridized carbons (Fsp3) is 0.808. The first kappa shape index (κ1) is 54.9. The lowest BCUT2D eigenvalue weighted by molar-refractivity contribution is -0.161. The van der Waals surface area contributed by atoms with Crippen LogP contribution in [-0.2, 0) is 19.1 Å². The summed E-state index contributed by atoms with van der Waals surface area (Å²) in [6, 6.07) is 0. The molecular formula is C52H94O5. The first-order chi connectivity index (χ1) is 28.1. The summed E-state index contributed by atoms with van der Waals surface area (Å²) in [6.45, 7) is 4.12. The molecule has 0 amide bonds. The molecule has 0 rings (SSSR count). The molecule has 0 bridgehead atoms. The van der Waals surface area contributed by atoms with Crippen molar-refractivity contribution in [1.29, 1.82) is 0 Å². The number of aliphatic hydroxyl groups is 1. The van der Waals surface area contributed by atoms with Crippen molar-refractivity contribution in [3.8, 4) is 0 Å². The molecule has 5 nitrogen and oxygen atoms in total. The van der Waals surface area contributed by atoms with Crippen molar-refractivity contribution >= 4 is 11.9 Å². The summed E-state index contributed by atoms with van der Waals surface area (Å²) < 4.78 is 10.7. The Morgan fingerprint density at radius 3 is 1.05 bits per heavy atom. The molecule has 0 aromatic heterocycles. The highest BCUT2D eigenvalue weighted by Gasteiger charge is 2.16. The zero-order chi connectivity index (χ0) is 41.4. The van der Waals surface area contributed by atoms with E-state index in [1.807, 2.05) is 0 Å². The number of carbonyl (C=O) groups excluding carboxylic acids is 2. The number of hydrogen-bond acceptors (Lipinski definition) is 5. The Balaban J connectivity index is 3.49. The Morgan fingerprint density at radius 1 is 0.404 bits per heavy atom. The summed E-state index contributed by atoms with van der Waals surface area (Å²) in [7, 11) is 0.